The number of nitrogen functional groups attached to an aromatic ring is 1. The summed E-state index contributed by atoms with van der Waals surface area (Å²) in [5.74, 6) is 5.55. The van der Waals surface area contributed by atoms with E-state index in [-0.39, 0.29) is 24.4 Å². The van der Waals surface area contributed by atoms with Gasteiger partial charge in [0.25, 0.3) is 5.56 Å². The van der Waals surface area contributed by atoms with Gasteiger partial charge in [0.2, 0.25) is 0 Å². The summed E-state index contributed by atoms with van der Waals surface area (Å²) in [4.78, 5) is 27.0. The fourth-order valence-corrected chi connectivity index (χ4v) is 4.18. The third-order valence-electron chi connectivity index (χ3n) is 5.81. The molecule has 4 N–H and O–H groups in total. The lowest BCUT2D eigenvalue weighted by Crippen LogP contribution is -2.44. The molecule has 0 radical (unpaired) electrons. The maximum Gasteiger partial charge on any atom is 0.354 e. The van der Waals surface area contributed by atoms with Crippen LogP contribution in [0.5, 0.6) is 0 Å². The van der Waals surface area contributed by atoms with Crippen LogP contribution < -0.4 is 27.7 Å². The van der Waals surface area contributed by atoms with Crippen LogP contribution in [-0.4, -0.2) is 28.2 Å². The number of anilines is 1. The summed E-state index contributed by atoms with van der Waals surface area (Å²) in [7, 11) is 0. The average molecular weight is 398 g/mol. The van der Waals surface area contributed by atoms with E-state index in [0.29, 0.717) is 46.0 Å². The lowest BCUT2D eigenvalue weighted by Gasteiger charge is -2.24. The predicted molar refractivity (Wildman–Crippen MR) is 106 cm³/mol. The minimum absolute atomic E-state index is 0. The monoisotopic (exact) mass is 397 g/mol. The van der Waals surface area contributed by atoms with Gasteiger partial charge in [0.1, 0.15) is 0 Å². The highest BCUT2D eigenvalue weighted by molar-refractivity contribution is 5.85. The number of pyridine rings is 1. The number of nitrogens with zero attached hydrogens (tertiary/aromatic N) is 3. The molecule has 4 rings (SSSR count). The van der Waals surface area contributed by atoms with Crippen LogP contribution in [0.25, 0.3) is 5.52 Å². The summed E-state index contributed by atoms with van der Waals surface area (Å²) in [6.45, 7) is 5.12. The van der Waals surface area contributed by atoms with Crippen molar-refractivity contribution < 1.29 is 4.39 Å². The van der Waals surface area contributed by atoms with Crippen molar-refractivity contribution >= 4 is 23.6 Å². The Balaban J connectivity index is 0.00000210. The first-order valence-corrected chi connectivity index (χ1v) is 9.07. The number of aryl methyl sites for hydroxylation is 1. The van der Waals surface area contributed by atoms with Crippen molar-refractivity contribution in [3.8, 4) is 0 Å². The zero-order valence-corrected chi connectivity index (χ0v) is 16.3. The van der Waals surface area contributed by atoms with Gasteiger partial charge in [-0.05, 0) is 44.9 Å². The second kappa shape index (κ2) is 6.83. The van der Waals surface area contributed by atoms with E-state index in [2.05, 4.69) is 0 Å². The molecule has 2 atom stereocenters. The molecule has 2 aromatic heterocycles. The summed E-state index contributed by atoms with van der Waals surface area (Å²) in [5, 5.41) is 0. The van der Waals surface area contributed by atoms with Gasteiger partial charge in [-0.3, -0.25) is 9.20 Å². The standard InChI is InChI=1S/C18H24FN5O2.ClH/c1-9-15(22-6-5-12(7-22)10(2)20)13(19)8-23-16(9)14(11-3-4-11)17(25)24(21)18(23)26;/h8,10-12H,3-7,20-21H2,1-2H3;1H/t10-,12+;/m1./s1. The predicted octanol–water partition coefficient (Wildman–Crippen LogP) is 1.10. The molecule has 0 aromatic carbocycles. The Hall–Kier alpha value is -2.06. The second-order valence-corrected chi connectivity index (χ2v) is 7.67. The minimum atomic E-state index is -0.724. The summed E-state index contributed by atoms with van der Waals surface area (Å²) < 4.78 is 16.7. The largest absolute Gasteiger partial charge is 0.368 e. The fourth-order valence-electron chi connectivity index (χ4n) is 4.18. The Morgan fingerprint density at radius 3 is 2.48 bits per heavy atom. The van der Waals surface area contributed by atoms with Gasteiger partial charge in [0.05, 0.1) is 17.4 Å². The van der Waals surface area contributed by atoms with Crippen LogP contribution >= 0.6 is 12.4 Å². The third-order valence-corrected chi connectivity index (χ3v) is 5.81. The molecule has 27 heavy (non-hydrogen) atoms. The molecule has 1 saturated carbocycles. The van der Waals surface area contributed by atoms with E-state index in [9.17, 15) is 14.0 Å². The van der Waals surface area contributed by atoms with Crippen LogP contribution in [0.15, 0.2) is 15.8 Å². The molecular weight excluding hydrogens is 373 g/mol. The summed E-state index contributed by atoms with van der Waals surface area (Å²) in [6, 6.07) is 0.0397. The molecule has 7 nitrogen and oxygen atoms in total. The van der Waals surface area contributed by atoms with Crippen molar-refractivity contribution in [3.63, 3.8) is 0 Å². The summed E-state index contributed by atoms with van der Waals surface area (Å²) in [6.07, 6.45) is 3.82. The van der Waals surface area contributed by atoms with Gasteiger partial charge >= 0.3 is 5.69 Å². The minimum Gasteiger partial charge on any atom is -0.368 e. The van der Waals surface area contributed by atoms with Crippen LogP contribution in [-0.2, 0) is 0 Å². The fraction of sp³-hybridized carbons (Fsp3) is 0.556. The highest BCUT2D eigenvalue weighted by Gasteiger charge is 2.34. The van der Waals surface area contributed by atoms with Crippen molar-refractivity contribution in [1.29, 1.82) is 0 Å². The van der Waals surface area contributed by atoms with Crippen LogP contribution in [0.2, 0.25) is 0 Å². The number of nitrogens with two attached hydrogens (primary N) is 2. The topological polar surface area (TPSA) is 98.8 Å². The van der Waals surface area contributed by atoms with E-state index < -0.39 is 17.1 Å². The Labute approximate surface area is 162 Å². The number of fused-ring (bicyclic) bond motifs is 1. The molecule has 2 fully saturated rings. The van der Waals surface area contributed by atoms with Gasteiger partial charge in [0.15, 0.2) is 5.82 Å². The number of hydrogen-bond acceptors (Lipinski definition) is 5. The molecule has 2 aromatic rings. The first-order chi connectivity index (χ1) is 12.3. The van der Waals surface area contributed by atoms with E-state index in [1.165, 1.54) is 4.40 Å². The lowest BCUT2D eigenvalue weighted by molar-refractivity contribution is 0.487. The average Bonchev–Trinajstić information content (AvgIpc) is 3.30. The Morgan fingerprint density at radius 2 is 1.93 bits per heavy atom. The highest BCUT2D eigenvalue weighted by Crippen LogP contribution is 2.42. The van der Waals surface area contributed by atoms with Gasteiger partial charge in [0, 0.05) is 30.3 Å². The van der Waals surface area contributed by atoms with E-state index in [1.54, 1.807) is 6.92 Å². The van der Waals surface area contributed by atoms with E-state index in [4.69, 9.17) is 11.6 Å². The molecule has 9 heteroatoms. The third kappa shape index (κ3) is 3.00. The van der Waals surface area contributed by atoms with E-state index in [0.717, 1.165) is 25.5 Å². The number of halogens is 2. The number of aromatic nitrogens is 2. The van der Waals surface area contributed by atoms with Crippen LogP contribution in [0.3, 0.4) is 0 Å². The maximum absolute atomic E-state index is 15.0. The van der Waals surface area contributed by atoms with E-state index in [1.807, 2.05) is 11.8 Å². The molecule has 0 bridgehead atoms. The van der Waals surface area contributed by atoms with Gasteiger partial charge < -0.3 is 16.5 Å². The SMILES string of the molecule is Cc1c(N2CC[C@H]([C@@H](C)N)C2)c(F)cn2c(=O)n(N)c(=O)c(C3CC3)c12.Cl. The number of rotatable bonds is 3. The Bertz CT molecular complexity index is 1010. The van der Waals surface area contributed by atoms with Gasteiger partial charge in [-0.25, -0.2) is 9.18 Å². The zero-order chi connectivity index (χ0) is 18.7. The van der Waals surface area contributed by atoms with Crippen molar-refractivity contribution in [2.24, 2.45) is 11.7 Å². The summed E-state index contributed by atoms with van der Waals surface area (Å²) >= 11 is 0. The lowest BCUT2D eigenvalue weighted by atomic mass is 10.0. The molecule has 0 unspecified atom stereocenters. The van der Waals surface area contributed by atoms with Gasteiger partial charge in [-0.15, -0.1) is 12.4 Å². The Kier molecular flexibility index (Phi) is 4.98. The molecule has 2 aliphatic rings. The zero-order valence-electron chi connectivity index (χ0n) is 15.4. The second-order valence-electron chi connectivity index (χ2n) is 7.67. The van der Waals surface area contributed by atoms with Gasteiger partial charge in [-0.1, -0.05) is 0 Å². The van der Waals surface area contributed by atoms with Crippen molar-refractivity contribution in [1.82, 2.24) is 9.08 Å². The molecule has 1 saturated heterocycles. The molecular formula is C18H25ClFN5O2. The molecule has 0 spiro atoms. The maximum atomic E-state index is 15.0. The molecule has 3 heterocycles. The Morgan fingerprint density at radius 1 is 1.26 bits per heavy atom. The van der Waals surface area contributed by atoms with Crippen LogP contribution in [0, 0.1) is 18.7 Å². The first kappa shape index (κ1) is 19.7. The summed E-state index contributed by atoms with van der Waals surface area (Å²) in [5.41, 5.74) is 6.91. The highest BCUT2D eigenvalue weighted by atomic mass is 35.5. The first-order valence-electron chi connectivity index (χ1n) is 9.07. The molecule has 0 amide bonds. The quantitative estimate of drug-likeness (QED) is 0.755. The van der Waals surface area contributed by atoms with Crippen LogP contribution in [0.1, 0.15) is 43.2 Å². The van der Waals surface area contributed by atoms with Gasteiger partial charge in [-0.2, -0.15) is 4.68 Å². The van der Waals surface area contributed by atoms with Crippen molar-refractivity contribution in [3.05, 3.63) is 44.0 Å². The molecule has 148 valence electrons. The number of hydrogen-bond donors (Lipinski definition) is 2. The molecule has 1 aliphatic heterocycles. The normalized spacial score (nSPS) is 20.7. The van der Waals surface area contributed by atoms with Crippen molar-refractivity contribution in [2.75, 3.05) is 23.8 Å². The van der Waals surface area contributed by atoms with E-state index >= 15 is 0 Å². The van der Waals surface area contributed by atoms with Crippen molar-refractivity contribution in [2.45, 2.75) is 45.1 Å². The van der Waals surface area contributed by atoms with Crippen LogP contribution in [0.4, 0.5) is 10.1 Å². The molecule has 1 aliphatic carbocycles. The smallest absolute Gasteiger partial charge is 0.354 e.